The van der Waals surface area contributed by atoms with Crippen molar-refractivity contribution in [3.63, 3.8) is 0 Å². The van der Waals surface area contributed by atoms with Crippen LogP contribution in [-0.4, -0.2) is 89.1 Å². The van der Waals surface area contributed by atoms with Crippen LogP contribution in [0.3, 0.4) is 0 Å². The van der Waals surface area contributed by atoms with E-state index >= 15 is 0 Å². The third-order valence-electron chi connectivity index (χ3n) is 3.62. The van der Waals surface area contributed by atoms with E-state index in [1.165, 1.54) is 11.3 Å². The Bertz CT molecular complexity index is 610. The Labute approximate surface area is 173 Å². The Balaban J connectivity index is 1.33. The van der Waals surface area contributed by atoms with Gasteiger partial charge in [0.05, 0.1) is 52.7 Å². The highest BCUT2D eigenvalue weighted by Crippen LogP contribution is 2.35. The van der Waals surface area contributed by atoms with Crippen LogP contribution < -0.4 is 14.8 Å². The molecule has 2 rings (SSSR count). The topological polar surface area (TPSA) is 122 Å². The van der Waals surface area contributed by atoms with Crippen molar-refractivity contribution in [2.75, 3.05) is 66.0 Å². The fraction of sp³-hybridized carbons (Fsp3) is 0.667. The number of amides is 1. The van der Waals surface area contributed by atoms with Crippen LogP contribution in [-0.2, 0) is 28.5 Å². The zero-order valence-electron chi connectivity index (χ0n) is 16.1. The summed E-state index contributed by atoms with van der Waals surface area (Å²) in [7, 11) is 0. The molecule has 1 aromatic rings. The molecule has 0 bridgehead atoms. The lowest BCUT2D eigenvalue weighted by atomic mass is 10.3. The van der Waals surface area contributed by atoms with Gasteiger partial charge in [-0.05, 0) is 0 Å². The molecule has 0 aromatic carbocycles. The number of carboxylic acid groups (broad SMARTS) is 1. The number of carbonyl (C=O) groups is 2. The Morgan fingerprint density at radius 1 is 1.03 bits per heavy atom. The van der Waals surface area contributed by atoms with Crippen molar-refractivity contribution in [1.29, 1.82) is 0 Å². The molecule has 1 amide bonds. The summed E-state index contributed by atoms with van der Waals surface area (Å²) in [6.45, 7) is 3.05. The molecule has 10 nitrogen and oxygen atoms in total. The van der Waals surface area contributed by atoms with E-state index in [9.17, 15) is 9.59 Å². The fourth-order valence-corrected chi connectivity index (χ4v) is 2.91. The van der Waals surface area contributed by atoms with Crippen molar-refractivity contribution in [2.24, 2.45) is 0 Å². The minimum Gasteiger partial charge on any atom is -0.485 e. The van der Waals surface area contributed by atoms with Gasteiger partial charge < -0.3 is 38.8 Å². The second-order valence-electron chi connectivity index (χ2n) is 6.00. The zero-order chi connectivity index (χ0) is 20.7. The van der Waals surface area contributed by atoms with Crippen molar-refractivity contribution in [3.05, 3.63) is 10.8 Å². The molecule has 2 N–H and O–H groups in total. The molecule has 1 unspecified atom stereocenters. The van der Waals surface area contributed by atoms with Gasteiger partial charge in [0.2, 0.25) is 5.91 Å². The summed E-state index contributed by atoms with van der Waals surface area (Å²) in [6.07, 6.45) is -0.241. The molecular weight excluding hydrogens is 406 g/mol. The van der Waals surface area contributed by atoms with Crippen LogP contribution in [0.15, 0.2) is 10.8 Å². The number of rotatable bonds is 16. The molecule has 0 spiro atoms. The smallest absolute Gasteiger partial charge is 0.305 e. The van der Waals surface area contributed by atoms with Crippen LogP contribution in [0, 0.1) is 0 Å². The molecule has 11 heteroatoms. The van der Waals surface area contributed by atoms with Gasteiger partial charge in [0.1, 0.15) is 13.2 Å². The maximum atomic E-state index is 11.7. The van der Waals surface area contributed by atoms with Gasteiger partial charge in [0.25, 0.3) is 0 Å². The molecule has 1 atom stereocenters. The summed E-state index contributed by atoms with van der Waals surface area (Å²) in [5.41, 5.74) is 0. The van der Waals surface area contributed by atoms with Crippen molar-refractivity contribution in [2.45, 2.75) is 12.5 Å². The van der Waals surface area contributed by atoms with Gasteiger partial charge in [-0.25, -0.2) is 0 Å². The first-order valence-corrected chi connectivity index (χ1v) is 10.2. The first-order valence-electron chi connectivity index (χ1n) is 9.30. The van der Waals surface area contributed by atoms with Gasteiger partial charge in [-0.1, -0.05) is 0 Å². The molecule has 0 fully saturated rings. The normalized spacial score (nSPS) is 15.2. The number of carboxylic acids is 1. The Morgan fingerprint density at radius 2 is 1.72 bits per heavy atom. The highest BCUT2D eigenvalue weighted by molar-refractivity contribution is 7.08. The minimum absolute atomic E-state index is 0.0153. The monoisotopic (exact) mass is 433 g/mol. The van der Waals surface area contributed by atoms with E-state index < -0.39 is 5.97 Å². The van der Waals surface area contributed by atoms with Gasteiger partial charge in [0, 0.05) is 17.3 Å². The Hall–Kier alpha value is -1.92. The van der Waals surface area contributed by atoms with Crippen molar-refractivity contribution >= 4 is 23.2 Å². The van der Waals surface area contributed by atoms with E-state index in [0.29, 0.717) is 51.9 Å². The lowest BCUT2D eigenvalue weighted by Crippen LogP contribution is -2.36. The van der Waals surface area contributed by atoms with Gasteiger partial charge in [-0.2, -0.15) is 0 Å². The summed E-state index contributed by atoms with van der Waals surface area (Å²) < 4.78 is 32.3. The molecular formula is C18H27NO9S. The molecule has 2 heterocycles. The van der Waals surface area contributed by atoms with E-state index in [2.05, 4.69) is 5.32 Å². The van der Waals surface area contributed by atoms with Crippen LogP contribution in [0.5, 0.6) is 11.5 Å². The maximum absolute atomic E-state index is 11.7. The number of fused-ring (bicyclic) bond motifs is 1. The summed E-state index contributed by atoms with van der Waals surface area (Å²) in [6, 6.07) is 0. The van der Waals surface area contributed by atoms with Crippen LogP contribution in [0.1, 0.15) is 6.42 Å². The third-order valence-corrected chi connectivity index (χ3v) is 4.32. The molecule has 1 aromatic heterocycles. The Kier molecular flexibility index (Phi) is 11.4. The average molecular weight is 433 g/mol. The van der Waals surface area contributed by atoms with Crippen LogP contribution in [0.25, 0.3) is 0 Å². The van der Waals surface area contributed by atoms with Crippen molar-refractivity contribution in [3.8, 4) is 11.5 Å². The van der Waals surface area contributed by atoms with Crippen molar-refractivity contribution < 1.29 is 43.1 Å². The summed E-state index contributed by atoms with van der Waals surface area (Å²) in [5.74, 6) is 0.351. The number of ether oxygens (including phenoxy) is 6. The first kappa shape index (κ1) is 23.4. The summed E-state index contributed by atoms with van der Waals surface area (Å²) in [4.78, 5) is 22.0. The SMILES string of the molecule is O=C(O)CCOCCOCCOCCNC(=O)COCC1COc2cscc2O1. The third kappa shape index (κ3) is 10.4. The molecule has 0 saturated carbocycles. The molecule has 1 aliphatic heterocycles. The Morgan fingerprint density at radius 3 is 2.48 bits per heavy atom. The summed E-state index contributed by atoms with van der Waals surface area (Å²) >= 11 is 1.51. The number of carbonyl (C=O) groups excluding carboxylic acids is 1. The maximum Gasteiger partial charge on any atom is 0.305 e. The average Bonchev–Trinajstić information content (AvgIpc) is 3.16. The predicted octanol–water partition coefficient (Wildman–Crippen LogP) is 0.545. The standard InChI is InChI=1S/C18H27NO9S/c20-17(11-26-9-14-10-27-15-12-29-13-16(15)28-14)19-2-4-24-6-8-25-7-5-23-3-1-18(21)22/h12-14H,1-11H2,(H,19,20)(H,21,22). The minimum atomic E-state index is -0.886. The second kappa shape index (κ2) is 14.1. The molecule has 29 heavy (non-hydrogen) atoms. The number of aliphatic carboxylic acids is 1. The number of hydrogen-bond donors (Lipinski definition) is 2. The molecule has 0 saturated heterocycles. The number of thiophene rings is 1. The van der Waals surface area contributed by atoms with Crippen LogP contribution in [0.4, 0.5) is 0 Å². The highest BCUT2D eigenvalue weighted by atomic mass is 32.1. The van der Waals surface area contributed by atoms with Gasteiger partial charge in [0.15, 0.2) is 17.6 Å². The quantitative estimate of drug-likeness (QED) is 0.360. The van der Waals surface area contributed by atoms with Gasteiger partial charge in [-0.15, -0.1) is 11.3 Å². The van der Waals surface area contributed by atoms with E-state index in [4.69, 9.17) is 33.5 Å². The number of hydrogen-bond acceptors (Lipinski definition) is 9. The van der Waals surface area contributed by atoms with Crippen LogP contribution >= 0.6 is 11.3 Å². The lowest BCUT2D eigenvalue weighted by Gasteiger charge is -2.24. The van der Waals surface area contributed by atoms with E-state index in [-0.39, 0.29) is 38.3 Å². The van der Waals surface area contributed by atoms with Crippen LogP contribution in [0.2, 0.25) is 0 Å². The predicted molar refractivity (Wildman–Crippen MR) is 103 cm³/mol. The fourth-order valence-electron chi connectivity index (χ4n) is 2.24. The van der Waals surface area contributed by atoms with Gasteiger partial charge in [-0.3, -0.25) is 9.59 Å². The molecule has 0 radical (unpaired) electrons. The molecule has 0 aliphatic carbocycles. The largest absolute Gasteiger partial charge is 0.485 e. The molecule has 164 valence electrons. The van der Waals surface area contributed by atoms with E-state index in [0.717, 1.165) is 5.75 Å². The molecule has 1 aliphatic rings. The highest BCUT2D eigenvalue weighted by Gasteiger charge is 2.22. The van der Waals surface area contributed by atoms with E-state index in [1.54, 1.807) is 0 Å². The zero-order valence-corrected chi connectivity index (χ0v) is 16.9. The first-order chi connectivity index (χ1) is 14.1. The van der Waals surface area contributed by atoms with Gasteiger partial charge >= 0.3 is 5.97 Å². The van der Waals surface area contributed by atoms with Crippen molar-refractivity contribution in [1.82, 2.24) is 5.32 Å². The number of nitrogens with one attached hydrogen (secondary N) is 1. The lowest BCUT2D eigenvalue weighted by molar-refractivity contribution is -0.138. The van der Waals surface area contributed by atoms with E-state index in [1.807, 2.05) is 10.8 Å². The summed E-state index contributed by atoms with van der Waals surface area (Å²) in [5, 5.41) is 14.9. The second-order valence-corrected chi connectivity index (χ2v) is 6.74.